The van der Waals surface area contributed by atoms with Gasteiger partial charge in [0.1, 0.15) is 13.2 Å². The second-order valence-corrected chi connectivity index (χ2v) is 6.51. The minimum atomic E-state index is -1.03. The molecule has 1 aromatic carbocycles. The molecule has 0 unspecified atom stereocenters. The number of carboxylic acid groups (broad SMARTS) is 1. The Morgan fingerprint density at radius 2 is 1.72 bits per heavy atom. The number of ether oxygens (including phenoxy) is 5. The third-order valence-electron chi connectivity index (χ3n) is 4.28. The van der Waals surface area contributed by atoms with Crippen LogP contribution in [-0.2, 0) is 23.9 Å². The molecule has 0 radical (unpaired) electrons. The van der Waals surface area contributed by atoms with Crippen molar-refractivity contribution in [2.45, 2.75) is 6.42 Å². The molecule has 2 rings (SSSR count). The first-order chi connectivity index (χ1) is 15.5. The molecule has 1 N–H and O–H groups in total. The quantitative estimate of drug-likeness (QED) is 0.353. The first-order valence-corrected chi connectivity index (χ1v) is 9.92. The fourth-order valence-corrected chi connectivity index (χ4v) is 2.78. The summed E-state index contributed by atoms with van der Waals surface area (Å²) < 4.78 is 26.7. The fraction of sp³-hybridized carbons (Fsp3) is 0.409. The van der Waals surface area contributed by atoms with E-state index in [0.29, 0.717) is 35.8 Å². The maximum absolute atomic E-state index is 12.3. The van der Waals surface area contributed by atoms with E-state index >= 15 is 0 Å². The largest absolute Gasteiger partial charge is 0.493 e. The minimum Gasteiger partial charge on any atom is -0.493 e. The molecule has 0 bridgehead atoms. The molecule has 0 fully saturated rings. The van der Waals surface area contributed by atoms with Crippen molar-refractivity contribution < 1.29 is 43.2 Å². The second-order valence-electron chi connectivity index (χ2n) is 6.51. The van der Waals surface area contributed by atoms with Crippen LogP contribution in [0.4, 0.5) is 0 Å². The smallest absolute Gasteiger partial charge is 0.329 e. The highest BCUT2D eigenvalue weighted by Gasteiger charge is 2.19. The Morgan fingerprint density at radius 3 is 2.34 bits per heavy atom. The van der Waals surface area contributed by atoms with E-state index in [0.717, 1.165) is 0 Å². The molecule has 1 aliphatic heterocycles. The van der Waals surface area contributed by atoms with Crippen molar-refractivity contribution in [2.75, 3.05) is 53.8 Å². The number of amides is 2. The lowest BCUT2D eigenvalue weighted by atomic mass is 10.1. The molecule has 10 nitrogen and oxygen atoms in total. The summed E-state index contributed by atoms with van der Waals surface area (Å²) in [4.78, 5) is 35.6. The Kier molecular flexibility index (Phi) is 10.2. The summed E-state index contributed by atoms with van der Waals surface area (Å²) in [5.74, 6) is -0.591. The topological polar surface area (TPSA) is 121 Å². The van der Waals surface area contributed by atoms with Crippen molar-refractivity contribution in [1.82, 2.24) is 4.90 Å². The Morgan fingerprint density at radius 1 is 1.06 bits per heavy atom. The van der Waals surface area contributed by atoms with Crippen molar-refractivity contribution in [3.8, 4) is 17.2 Å². The highest BCUT2D eigenvalue weighted by atomic mass is 16.6. The van der Waals surface area contributed by atoms with Gasteiger partial charge in [0.2, 0.25) is 5.75 Å². The molecule has 10 heteroatoms. The van der Waals surface area contributed by atoms with Crippen LogP contribution >= 0.6 is 0 Å². The van der Waals surface area contributed by atoms with Crippen molar-refractivity contribution in [3.05, 3.63) is 35.9 Å². The lowest BCUT2D eigenvalue weighted by molar-refractivity contribution is -0.143. The molecule has 174 valence electrons. The number of hydrogen-bond acceptors (Lipinski definition) is 8. The monoisotopic (exact) mass is 449 g/mol. The van der Waals surface area contributed by atoms with Gasteiger partial charge < -0.3 is 28.8 Å². The molecule has 0 atom stereocenters. The highest BCUT2D eigenvalue weighted by molar-refractivity contribution is 6.06. The zero-order chi connectivity index (χ0) is 23.3. The van der Waals surface area contributed by atoms with E-state index in [2.05, 4.69) is 0 Å². The molecular formula is C22H27NO9. The number of benzene rings is 1. The highest BCUT2D eigenvalue weighted by Crippen LogP contribution is 2.38. The van der Waals surface area contributed by atoms with Gasteiger partial charge in [0.05, 0.1) is 34.0 Å². The average Bonchev–Trinajstić information content (AvgIpc) is 2.79. The summed E-state index contributed by atoms with van der Waals surface area (Å²) in [5, 5.41) is 8.48. The molecule has 0 saturated carbocycles. The van der Waals surface area contributed by atoms with Gasteiger partial charge in [-0.25, -0.2) is 4.79 Å². The van der Waals surface area contributed by atoms with Crippen molar-refractivity contribution in [1.29, 1.82) is 0 Å². The molecule has 0 aromatic heterocycles. The summed E-state index contributed by atoms with van der Waals surface area (Å²) in [5.41, 5.74) is 0.631. The van der Waals surface area contributed by atoms with E-state index in [1.54, 1.807) is 24.3 Å². The van der Waals surface area contributed by atoms with Crippen LogP contribution in [0.15, 0.2) is 30.4 Å². The molecule has 0 saturated heterocycles. The number of carbonyl (C=O) groups excluding carboxylic acids is 2. The number of nitrogens with zero attached hydrogens (tertiary/aromatic N) is 1. The van der Waals surface area contributed by atoms with Crippen LogP contribution in [0.2, 0.25) is 0 Å². The molecule has 0 spiro atoms. The van der Waals surface area contributed by atoms with Gasteiger partial charge in [-0.2, -0.15) is 0 Å². The summed E-state index contributed by atoms with van der Waals surface area (Å²) in [7, 11) is 2.96. The molecule has 0 aliphatic carbocycles. The van der Waals surface area contributed by atoms with Gasteiger partial charge in [0.25, 0.3) is 11.8 Å². The predicted molar refractivity (Wildman–Crippen MR) is 114 cm³/mol. The van der Waals surface area contributed by atoms with Gasteiger partial charge in [-0.3, -0.25) is 14.5 Å². The summed E-state index contributed by atoms with van der Waals surface area (Å²) in [6.45, 7) is 0.828. The van der Waals surface area contributed by atoms with E-state index in [1.165, 1.54) is 31.3 Å². The van der Waals surface area contributed by atoms with Crippen molar-refractivity contribution >= 4 is 23.9 Å². The first kappa shape index (κ1) is 24.9. The summed E-state index contributed by atoms with van der Waals surface area (Å²) in [6.07, 6.45) is 6.66. The van der Waals surface area contributed by atoms with Gasteiger partial charge in [0, 0.05) is 12.6 Å². The maximum Gasteiger partial charge on any atom is 0.329 e. The average molecular weight is 449 g/mol. The molecule has 1 aromatic rings. The third kappa shape index (κ3) is 7.71. The van der Waals surface area contributed by atoms with Crippen LogP contribution < -0.4 is 14.2 Å². The van der Waals surface area contributed by atoms with Crippen LogP contribution in [0.25, 0.3) is 6.08 Å². The minimum absolute atomic E-state index is 0.165. The maximum atomic E-state index is 12.3. The molecular weight excluding hydrogens is 422 g/mol. The number of imide groups is 1. The van der Waals surface area contributed by atoms with Crippen LogP contribution in [-0.4, -0.2) is 81.6 Å². The number of carbonyl (C=O) groups is 3. The van der Waals surface area contributed by atoms with E-state index < -0.39 is 11.9 Å². The molecule has 1 heterocycles. The number of rotatable bonds is 13. The van der Waals surface area contributed by atoms with Crippen molar-refractivity contribution in [3.63, 3.8) is 0 Å². The number of carboxylic acids is 1. The molecule has 2 amide bonds. The van der Waals surface area contributed by atoms with E-state index in [1.807, 2.05) is 0 Å². The molecule has 1 aliphatic rings. The Balaban J connectivity index is 1.94. The SMILES string of the molecule is COc1cc(/C=C/C(=O)N2CCC=CC2=O)cc(OC)c1OCCOCCOCC(=O)O. The van der Waals surface area contributed by atoms with Crippen LogP contribution in [0, 0.1) is 0 Å². The number of aliphatic carboxylic acids is 1. The van der Waals surface area contributed by atoms with Crippen molar-refractivity contribution in [2.24, 2.45) is 0 Å². The summed E-state index contributed by atoms with van der Waals surface area (Å²) in [6, 6.07) is 3.36. The van der Waals surface area contributed by atoms with Gasteiger partial charge in [-0.15, -0.1) is 0 Å². The summed E-state index contributed by atoms with van der Waals surface area (Å²) >= 11 is 0. The number of methoxy groups -OCH3 is 2. The predicted octanol–water partition coefficient (Wildman–Crippen LogP) is 1.53. The first-order valence-electron chi connectivity index (χ1n) is 9.92. The Labute approximate surface area is 185 Å². The van der Waals surface area contributed by atoms with E-state index in [-0.39, 0.29) is 38.9 Å². The van der Waals surface area contributed by atoms with E-state index in [4.69, 9.17) is 28.8 Å². The van der Waals surface area contributed by atoms with Crippen LogP contribution in [0.5, 0.6) is 17.2 Å². The Bertz CT molecular complexity index is 838. The van der Waals surface area contributed by atoms with Gasteiger partial charge in [0.15, 0.2) is 11.5 Å². The number of hydrogen-bond donors (Lipinski definition) is 1. The zero-order valence-corrected chi connectivity index (χ0v) is 18.1. The van der Waals surface area contributed by atoms with Crippen LogP contribution in [0.3, 0.4) is 0 Å². The lowest BCUT2D eigenvalue weighted by Crippen LogP contribution is -2.37. The van der Waals surface area contributed by atoms with E-state index in [9.17, 15) is 14.4 Å². The fourth-order valence-electron chi connectivity index (χ4n) is 2.78. The lowest BCUT2D eigenvalue weighted by Gasteiger charge is -2.19. The normalized spacial score (nSPS) is 13.4. The third-order valence-corrected chi connectivity index (χ3v) is 4.28. The Hall–Kier alpha value is -3.37. The van der Waals surface area contributed by atoms with Gasteiger partial charge in [-0.1, -0.05) is 6.08 Å². The van der Waals surface area contributed by atoms with Crippen LogP contribution in [0.1, 0.15) is 12.0 Å². The van der Waals surface area contributed by atoms with Gasteiger partial charge in [-0.05, 0) is 36.3 Å². The van der Waals surface area contributed by atoms with Gasteiger partial charge >= 0.3 is 5.97 Å². The molecule has 32 heavy (non-hydrogen) atoms. The standard InChI is InChI=1S/C22H27NO9/c1-28-17-13-16(6-7-20(25)23-8-4-3-5-19(23)24)14-18(29-2)22(17)32-12-11-30-9-10-31-15-21(26)27/h3,5-7,13-14H,4,8-12,15H2,1-2H3,(H,26,27)/b7-6+. The second kappa shape index (κ2) is 13.1. The zero-order valence-electron chi connectivity index (χ0n) is 18.1.